The fourth-order valence-corrected chi connectivity index (χ4v) is 3.43. The topological polar surface area (TPSA) is 41.0 Å². The molecule has 1 aliphatic heterocycles. The van der Waals surface area contributed by atoms with E-state index in [1.54, 1.807) is 10.6 Å². The summed E-state index contributed by atoms with van der Waals surface area (Å²) in [5, 5.41) is 0. The van der Waals surface area contributed by atoms with Gasteiger partial charge in [0.15, 0.2) is 4.77 Å². The van der Waals surface area contributed by atoms with Gasteiger partial charge in [-0.1, -0.05) is 0 Å². The summed E-state index contributed by atoms with van der Waals surface area (Å²) in [6.45, 7) is 1.78. The zero-order valence-electron chi connectivity index (χ0n) is 11.4. The number of piperidine rings is 1. The van der Waals surface area contributed by atoms with Crippen molar-refractivity contribution in [2.24, 2.45) is 0 Å². The lowest BCUT2D eigenvalue weighted by molar-refractivity contribution is -0.132. The Labute approximate surface area is 140 Å². The van der Waals surface area contributed by atoms with Crippen molar-refractivity contribution < 1.29 is 9.18 Å². The molecule has 0 saturated carbocycles. The summed E-state index contributed by atoms with van der Waals surface area (Å²) in [4.78, 5) is 17.3. The Balaban J connectivity index is 1.93. The number of nitrogens with one attached hydrogen (secondary N) is 1. The van der Waals surface area contributed by atoms with Gasteiger partial charge in [0, 0.05) is 19.2 Å². The zero-order valence-corrected chi connectivity index (χ0v) is 14.3. The van der Waals surface area contributed by atoms with E-state index in [-0.39, 0.29) is 18.3 Å². The number of carbonyl (C=O) groups excluding carboxylic acids is 1. The van der Waals surface area contributed by atoms with Gasteiger partial charge in [0.2, 0.25) is 5.91 Å². The van der Waals surface area contributed by atoms with Gasteiger partial charge in [-0.3, -0.25) is 4.79 Å². The maximum absolute atomic E-state index is 13.8. The van der Waals surface area contributed by atoms with Gasteiger partial charge in [-0.25, -0.2) is 4.39 Å². The van der Waals surface area contributed by atoms with Gasteiger partial charge in [0.05, 0.1) is 14.6 Å². The minimum absolute atomic E-state index is 0.0469. The smallest absolute Gasteiger partial charge is 0.242 e. The Morgan fingerprint density at radius 2 is 2.05 bits per heavy atom. The Morgan fingerprint density at radius 3 is 2.76 bits per heavy atom. The van der Waals surface area contributed by atoms with E-state index < -0.39 is 0 Å². The molecule has 0 aliphatic carbocycles. The van der Waals surface area contributed by atoms with Crippen molar-refractivity contribution in [3.05, 3.63) is 26.3 Å². The van der Waals surface area contributed by atoms with E-state index >= 15 is 0 Å². The summed E-state index contributed by atoms with van der Waals surface area (Å²) < 4.78 is 16.4. The second kappa shape index (κ2) is 6.04. The Hall–Kier alpha value is -0.960. The predicted octanol–water partition coefficient (Wildman–Crippen LogP) is 3.46. The summed E-state index contributed by atoms with van der Waals surface area (Å²) in [5.41, 5.74) is 1.40. The predicted molar refractivity (Wildman–Crippen MR) is 90.2 cm³/mol. The molecule has 7 heteroatoms. The number of likely N-dealkylation sites (tertiary alicyclic amines) is 1. The molecule has 1 saturated heterocycles. The number of aromatic nitrogens is 2. The fourth-order valence-electron chi connectivity index (χ4n) is 2.69. The molecule has 0 radical (unpaired) electrons. The first-order chi connectivity index (χ1) is 10.1. The molecule has 3 rings (SSSR count). The van der Waals surface area contributed by atoms with Crippen molar-refractivity contribution in [1.82, 2.24) is 14.5 Å². The number of imidazole rings is 1. The van der Waals surface area contributed by atoms with Gasteiger partial charge in [-0.2, -0.15) is 0 Å². The number of fused-ring (bicyclic) bond motifs is 1. The van der Waals surface area contributed by atoms with E-state index in [9.17, 15) is 9.18 Å². The number of hydrogen-bond donors (Lipinski definition) is 1. The molecule has 0 bridgehead atoms. The molecule has 4 nitrogen and oxygen atoms in total. The van der Waals surface area contributed by atoms with Crippen molar-refractivity contribution in [3.63, 3.8) is 0 Å². The highest BCUT2D eigenvalue weighted by Gasteiger charge is 2.18. The molecular formula is C14H15FIN3OS. The molecule has 1 N–H and O–H groups in total. The lowest BCUT2D eigenvalue weighted by Gasteiger charge is -2.26. The van der Waals surface area contributed by atoms with Crippen molar-refractivity contribution >= 4 is 51.7 Å². The molecule has 1 aromatic heterocycles. The maximum atomic E-state index is 13.8. The third-order valence-electron chi connectivity index (χ3n) is 3.82. The molecule has 0 atom stereocenters. The quantitative estimate of drug-likeness (QED) is 0.599. The molecule has 1 aliphatic rings. The van der Waals surface area contributed by atoms with Gasteiger partial charge in [0.25, 0.3) is 0 Å². The van der Waals surface area contributed by atoms with Crippen LogP contribution in [-0.2, 0) is 11.3 Å². The van der Waals surface area contributed by atoms with E-state index in [2.05, 4.69) is 4.98 Å². The van der Waals surface area contributed by atoms with E-state index in [1.807, 2.05) is 27.5 Å². The summed E-state index contributed by atoms with van der Waals surface area (Å²) in [5.74, 6) is -0.248. The number of halogens is 2. The van der Waals surface area contributed by atoms with E-state index in [1.165, 1.54) is 12.5 Å². The average Bonchev–Trinajstić information content (AvgIpc) is 2.76. The summed E-state index contributed by atoms with van der Waals surface area (Å²) in [7, 11) is 0. The van der Waals surface area contributed by atoms with Crippen LogP contribution in [0.2, 0.25) is 0 Å². The Kier molecular flexibility index (Phi) is 4.30. The van der Waals surface area contributed by atoms with Crippen LogP contribution in [-0.4, -0.2) is 33.4 Å². The minimum Gasteiger partial charge on any atom is -0.341 e. The summed E-state index contributed by atoms with van der Waals surface area (Å²) in [6.07, 6.45) is 3.29. The lowest BCUT2D eigenvalue weighted by atomic mass is 10.1. The standard InChI is InChI=1S/C14H15FIN3OS/c15-9-6-12-11(7-10(9)16)17-14(21)19(12)8-13(20)18-4-2-1-3-5-18/h6-7H,1-5,8H2,(H,17,21). The molecule has 21 heavy (non-hydrogen) atoms. The van der Waals surface area contributed by atoms with Crippen molar-refractivity contribution in [3.8, 4) is 0 Å². The highest BCUT2D eigenvalue weighted by molar-refractivity contribution is 14.1. The molecular weight excluding hydrogens is 404 g/mol. The number of amides is 1. The summed E-state index contributed by atoms with van der Waals surface area (Å²) in [6, 6.07) is 3.15. The third kappa shape index (κ3) is 2.98. The zero-order chi connectivity index (χ0) is 15.0. The van der Waals surface area contributed by atoms with Gasteiger partial charge >= 0.3 is 0 Å². The van der Waals surface area contributed by atoms with Crippen LogP contribution in [0.25, 0.3) is 11.0 Å². The van der Waals surface area contributed by atoms with Crippen LogP contribution in [0.1, 0.15) is 19.3 Å². The largest absolute Gasteiger partial charge is 0.341 e. The van der Waals surface area contributed by atoms with E-state index in [0.717, 1.165) is 31.4 Å². The molecule has 1 fully saturated rings. The first-order valence-corrected chi connectivity index (χ1v) is 8.40. The van der Waals surface area contributed by atoms with Gasteiger partial charge in [-0.05, 0) is 60.1 Å². The first-order valence-electron chi connectivity index (χ1n) is 6.91. The Morgan fingerprint density at radius 1 is 1.33 bits per heavy atom. The monoisotopic (exact) mass is 419 g/mol. The first kappa shape index (κ1) is 15.0. The molecule has 0 spiro atoms. The number of carbonyl (C=O) groups is 1. The third-order valence-corrected chi connectivity index (χ3v) is 4.97. The molecule has 0 unspecified atom stereocenters. The normalized spacial score (nSPS) is 15.6. The van der Waals surface area contributed by atoms with Crippen LogP contribution in [0.4, 0.5) is 4.39 Å². The van der Waals surface area contributed by atoms with Crippen LogP contribution < -0.4 is 0 Å². The minimum atomic E-state index is -0.295. The second-order valence-electron chi connectivity index (χ2n) is 5.24. The number of aromatic amines is 1. The number of rotatable bonds is 2. The molecule has 2 heterocycles. The average molecular weight is 419 g/mol. The number of nitrogens with zero attached hydrogens (tertiary/aromatic N) is 2. The fraction of sp³-hybridized carbons (Fsp3) is 0.429. The number of H-pyrrole nitrogens is 1. The van der Waals surface area contributed by atoms with Gasteiger partial charge in [0.1, 0.15) is 12.4 Å². The van der Waals surface area contributed by atoms with Crippen molar-refractivity contribution in [2.45, 2.75) is 25.8 Å². The second-order valence-corrected chi connectivity index (χ2v) is 6.79. The van der Waals surface area contributed by atoms with Crippen LogP contribution in [0.15, 0.2) is 12.1 Å². The highest BCUT2D eigenvalue weighted by Crippen LogP contribution is 2.21. The van der Waals surface area contributed by atoms with Crippen LogP contribution in [0.3, 0.4) is 0 Å². The summed E-state index contributed by atoms with van der Waals surface area (Å²) >= 11 is 7.21. The van der Waals surface area contributed by atoms with Crippen LogP contribution in [0, 0.1) is 14.2 Å². The molecule has 1 amide bonds. The van der Waals surface area contributed by atoms with Crippen molar-refractivity contribution in [2.75, 3.05) is 13.1 Å². The van der Waals surface area contributed by atoms with E-state index in [0.29, 0.717) is 13.9 Å². The molecule has 1 aromatic carbocycles. The Bertz CT molecular complexity index is 748. The van der Waals surface area contributed by atoms with Crippen LogP contribution in [0.5, 0.6) is 0 Å². The number of hydrogen-bond acceptors (Lipinski definition) is 2. The van der Waals surface area contributed by atoms with Crippen molar-refractivity contribution in [1.29, 1.82) is 0 Å². The van der Waals surface area contributed by atoms with E-state index in [4.69, 9.17) is 12.2 Å². The van der Waals surface area contributed by atoms with Gasteiger partial charge in [-0.15, -0.1) is 0 Å². The molecule has 112 valence electrons. The maximum Gasteiger partial charge on any atom is 0.242 e. The lowest BCUT2D eigenvalue weighted by Crippen LogP contribution is -2.37. The number of benzene rings is 1. The SMILES string of the molecule is O=C(Cn1c(=S)[nH]c2cc(I)c(F)cc21)N1CCCCC1. The molecule has 2 aromatic rings. The van der Waals surface area contributed by atoms with Crippen LogP contribution >= 0.6 is 34.8 Å². The highest BCUT2D eigenvalue weighted by atomic mass is 127. The van der Waals surface area contributed by atoms with Gasteiger partial charge < -0.3 is 14.5 Å².